The fourth-order valence-electron chi connectivity index (χ4n) is 7.07. The average Bonchev–Trinajstić information content (AvgIpc) is 3.24. The van der Waals surface area contributed by atoms with Gasteiger partial charge in [0.05, 0.1) is 17.1 Å². The number of methoxy groups -OCH3 is 1. The summed E-state index contributed by atoms with van der Waals surface area (Å²) in [5.41, 5.74) is -3.70. The molecule has 0 amide bonds. The molecule has 6 rings (SSSR count). The normalized spacial score (nSPS) is 36.1. The number of ketones is 2. The molecule has 1 saturated carbocycles. The van der Waals surface area contributed by atoms with Gasteiger partial charge in [0.2, 0.25) is 5.78 Å². The van der Waals surface area contributed by atoms with Crippen LogP contribution in [0.1, 0.15) is 63.9 Å². The van der Waals surface area contributed by atoms with E-state index >= 15 is 0 Å². The number of ether oxygens (including phenoxy) is 4. The molecular formula is C28H30O7. The van der Waals surface area contributed by atoms with E-state index in [0.717, 1.165) is 5.57 Å². The van der Waals surface area contributed by atoms with Gasteiger partial charge < -0.3 is 24.1 Å². The summed E-state index contributed by atoms with van der Waals surface area (Å²) in [5.74, 6) is -0.821. The van der Waals surface area contributed by atoms with Crippen LogP contribution in [0.5, 0.6) is 17.2 Å². The van der Waals surface area contributed by atoms with E-state index in [1.807, 2.05) is 59.8 Å². The summed E-state index contributed by atoms with van der Waals surface area (Å²) >= 11 is 0. The van der Waals surface area contributed by atoms with Crippen LogP contribution < -0.4 is 9.47 Å². The van der Waals surface area contributed by atoms with Crippen molar-refractivity contribution in [2.24, 2.45) is 5.92 Å². The van der Waals surface area contributed by atoms with E-state index in [1.54, 1.807) is 6.08 Å². The highest BCUT2D eigenvalue weighted by Gasteiger charge is 2.91. The molecule has 0 radical (unpaired) electrons. The van der Waals surface area contributed by atoms with Crippen LogP contribution in [0, 0.1) is 5.92 Å². The quantitative estimate of drug-likeness (QED) is 0.647. The third-order valence-electron chi connectivity index (χ3n) is 8.20. The van der Waals surface area contributed by atoms with E-state index in [4.69, 9.17) is 18.9 Å². The number of Topliss-reactive ketones (excluding diaryl/α,β-unsaturated/α-hetero) is 2. The molecule has 5 aliphatic rings. The minimum atomic E-state index is -1.46. The molecule has 3 aliphatic heterocycles. The largest absolute Gasteiger partial charge is 0.507 e. The molecule has 4 atom stereocenters. The summed E-state index contributed by atoms with van der Waals surface area (Å²) in [6.45, 7) is 11.5. The van der Waals surface area contributed by atoms with Crippen molar-refractivity contribution in [1.82, 2.24) is 0 Å². The van der Waals surface area contributed by atoms with Gasteiger partial charge in [-0.3, -0.25) is 9.59 Å². The SMILES string of the molecule is CO[C@@]12C=C3C(=O)c4c(O)cc5c(c4O[C@@]34[C@@H]1C(C)(C)O[C@@]4(CC=C(C)C)C2=O)C=CC(C)(C)O5. The predicted molar refractivity (Wildman–Crippen MR) is 128 cm³/mol. The highest BCUT2D eigenvalue weighted by atomic mass is 16.6. The van der Waals surface area contributed by atoms with Gasteiger partial charge in [0.15, 0.2) is 22.6 Å². The fraction of sp³-hybridized carbons (Fsp3) is 0.500. The molecule has 2 fully saturated rings. The predicted octanol–water partition coefficient (Wildman–Crippen LogP) is 4.32. The third-order valence-corrected chi connectivity index (χ3v) is 8.20. The number of hydrogen-bond donors (Lipinski definition) is 1. The lowest BCUT2D eigenvalue weighted by molar-refractivity contribution is -0.193. The van der Waals surface area contributed by atoms with Crippen LogP contribution in [0.4, 0.5) is 0 Å². The zero-order chi connectivity index (χ0) is 25.3. The van der Waals surface area contributed by atoms with Crippen molar-refractivity contribution in [2.45, 2.75) is 76.0 Å². The Labute approximate surface area is 204 Å². The van der Waals surface area contributed by atoms with Crippen molar-refractivity contribution in [3.8, 4) is 17.2 Å². The van der Waals surface area contributed by atoms with Gasteiger partial charge in [0, 0.05) is 25.2 Å². The molecule has 4 bridgehead atoms. The topological polar surface area (TPSA) is 91.3 Å². The number of hydrogen-bond acceptors (Lipinski definition) is 7. The lowest BCUT2D eigenvalue weighted by atomic mass is 9.70. The van der Waals surface area contributed by atoms with Gasteiger partial charge in [-0.15, -0.1) is 0 Å². The molecule has 1 aromatic rings. The lowest BCUT2D eigenvalue weighted by Crippen LogP contribution is -2.63. The van der Waals surface area contributed by atoms with Crippen molar-refractivity contribution in [3.63, 3.8) is 0 Å². The van der Waals surface area contributed by atoms with E-state index < -0.39 is 33.9 Å². The van der Waals surface area contributed by atoms with Gasteiger partial charge >= 0.3 is 0 Å². The fourth-order valence-corrected chi connectivity index (χ4v) is 7.07. The first-order valence-corrected chi connectivity index (χ1v) is 12.0. The van der Waals surface area contributed by atoms with E-state index in [-0.39, 0.29) is 35.0 Å². The Morgan fingerprint density at radius 2 is 1.89 bits per heavy atom. The molecule has 0 unspecified atom stereocenters. The van der Waals surface area contributed by atoms with E-state index in [1.165, 1.54) is 13.2 Å². The number of rotatable bonds is 3. The number of allylic oxidation sites excluding steroid dienone is 1. The molecule has 1 aromatic carbocycles. The van der Waals surface area contributed by atoms with Crippen molar-refractivity contribution in [1.29, 1.82) is 0 Å². The molecule has 184 valence electrons. The first-order chi connectivity index (χ1) is 16.3. The summed E-state index contributed by atoms with van der Waals surface area (Å²) in [7, 11) is 1.49. The van der Waals surface area contributed by atoms with Gasteiger partial charge in [-0.2, -0.15) is 0 Å². The number of aromatic hydroxyl groups is 1. The molecule has 35 heavy (non-hydrogen) atoms. The van der Waals surface area contributed by atoms with Crippen LogP contribution in [0.2, 0.25) is 0 Å². The Balaban J connectivity index is 1.66. The second-order valence-electron chi connectivity index (χ2n) is 11.6. The maximum atomic E-state index is 14.1. The average molecular weight is 479 g/mol. The van der Waals surface area contributed by atoms with E-state index in [9.17, 15) is 14.7 Å². The first kappa shape index (κ1) is 22.6. The van der Waals surface area contributed by atoms with E-state index in [2.05, 4.69) is 0 Å². The van der Waals surface area contributed by atoms with Gasteiger partial charge in [0.1, 0.15) is 28.4 Å². The Bertz CT molecular complexity index is 1330. The molecule has 0 aromatic heterocycles. The van der Waals surface area contributed by atoms with Gasteiger partial charge in [-0.1, -0.05) is 11.6 Å². The van der Waals surface area contributed by atoms with Crippen LogP contribution in [0.3, 0.4) is 0 Å². The molecule has 1 saturated heterocycles. The number of benzene rings is 1. The Kier molecular flexibility index (Phi) is 4.03. The molecular weight excluding hydrogens is 448 g/mol. The van der Waals surface area contributed by atoms with Crippen LogP contribution >= 0.6 is 0 Å². The highest BCUT2D eigenvalue weighted by Crippen LogP contribution is 2.73. The minimum absolute atomic E-state index is 0.0643. The third kappa shape index (κ3) is 2.34. The first-order valence-electron chi connectivity index (χ1n) is 12.0. The second-order valence-corrected chi connectivity index (χ2v) is 11.6. The lowest BCUT2D eigenvalue weighted by Gasteiger charge is -2.46. The van der Waals surface area contributed by atoms with Crippen LogP contribution in [-0.4, -0.2) is 51.8 Å². The number of phenolic OH excluding ortho intramolecular Hbond substituents is 1. The Morgan fingerprint density at radius 1 is 1.17 bits per heavy atom. The van der Waals surface area contributed by atoms with Crippen molar-refractivity contribution < 1.29 is 33.6 Å². The Hall–Kier alpha value is -2.90. The molecule has 7 nitrogen and oxygen atoms in total. The van der Waals surface area contributed by atoms with Gasteiger partial charge in [-0.25, -0.2) is 0 Å². The molecule has 2 aliphatic carbocycles. The van der Waals surface area contributed by atoms with Crippen LogP contribution in [0.15, 0.2) is 35.4 Å². The number of fused-ring (bicyclic) bond motifs is 3. The molecule has 1 N–H and O–H groups in total. The van der Waals surface area contributed by atoms with Crippen LogP contribution in [0.25, 0.3) is 6.08 Å². The van der Waals surface area contributed by atoms with Crippen molar-refractivity contribution in [3.05, 3.63) is 46.6 Å². The van der Waals surface area contributed by atoms with E-state index in [0.29, 0.717) is 16.9 Å². The van der Waals surface area contributed by atoms with Gasteiger partial charge in [0.25, 0.3) is 0 Å². The zero-order valence-electron chi connectivity index (χ0n) is 21.1. The summed E-state index contributed by atoms with van der Waals surface area (Å²) in [6, 6.07) is 1.46. The second kappa shape index (κ2) is 6.26. The molecule has 7 heteroatoms. The summed E-state index contributed by atoms with van der Waals surface area (Å²) in [5, 5.41) is 10.9. The Morgan fingerprint density at radius 3 is 2.54 bits per heavy atom. The maximum Gasteiger partial charge on any atom is 0.205 e. The summed E-state index contributed by atoms with van der Waals surface area (Å²) in [6.07, 6.45) is 7.52. The monoisotopic (exact) mass is 478 g/mol. The summed E-state index contributed by atoms with van der Waals surface area (Å²) in [4.78, 5) is 28.2. The standard InChI is InChI=1S/C28H30O7/c1-14(2)8-11-27-23(31)26(32-7)13-16-20(30)19-17(29)12-18-15(9-10-24(3,4)33-18)21(19)34-28(16,27)22(26)25(5,6)35-27/h8-10,12-13,22,29H,11H2,1-7H3/t22-,26+,27+,28-/m1/s1. The minimum Gasteiger partial charge on any atom is -0.507 e. The maximum absolute atomic E-state index is 14.1. The summed E-state index contributed by atoms with van der Waals surface area (Å²) < 4.78 is 25.5. The number of phenols is 1. The molecule has 3 heterocycles. The number of carbonyl (C=O) groups is 2. The smallest absolute Gasteiger partial charge is 0.205 e. The van der Waals surface area contributed by atoms with Crippen LogP contribution in [-0.2, 0) is 14.3 Å². The van der Waals surface area contributed by atoms with Crippen molar-refractivity contribution in [2.75, 3.05) is 7.11 Å². The number of carbonyl (C=O) groups excluding carboxylic acids is 2. The molecule has 1 spiro atoms. The van der Waals surface area contributed by atoms with Crippen molar-refractivity contribution >= 4 is 17.6 Å². The zero-order valence-corrected chi connectivity index (χ0v) is 21.1. The highest BCUT2D eigenvalue weighted by molar-refractivity contribution is 6.21. The van der Waals surface area contributed by atoms with Gasteiger partial charge in [-0.05, 0) is 59.8 Å².